The molecule has 2 aromatic rings. The van der Waals surface area contributed by atoms with Crippen LogP contribution in [0.15, 0.2) is 48.5 Å². The van der Waals surface area contributed by atoms with Crippen LogP contribution in [0.25, 0.3) is 11.1 Å². The first-order valence-electron chi connectivity index (χ1n) is 11.7. The second kappa shape index (κ2) is 8.86. The Balaban J connectivity index is 1.54. The Bertz CT molecular complexity index is 959. The van der Waals surface area contributed by atoms with Crippen LogP contribution in [0.4, 0.5) is 0 Å². The van der Waals surface area contributed by atoms with Gasteiger partial charge in [0.1, 0.15) is 0 Å². The molecule has 0 radical (unpaired) electrons. The summed E-state index contributed by atoms with van der Waals surface area (Å²) in [7, 11) is 0. The highest BCUT2D eigenvalue weighted by Gasteiger charge is 2.46. The minimum Gasteiger partial charge on any atom is -0.356 e. The van der Waals surface area contributed by atoms with E-state index in [0.29, 0.717) is 37.9 Å². The average molecular weight is 419 g/mol. The lowest BCUT2D eigenvalue weighted by molar-refractivity contribution is -0.141. The smallest absolute Gasteiger partial charge is 0.226 e. The summed E-state index contributed by atoms with van der Waals surface area (Å²) in [6.45, 7) is 8.23. The Kier molecular flexibility index (Phi) is 6.17. The van der Waals surface area contributed by atoms with Gasteiger partial charge in [0, 0.05) is 25.6 Å². The Labute approximate surface area is 186 Å². The number of nitrogens with one attached hydrogen (secondary N) is 1. The third-order valence-electron chi connectivity index (χ3n) is 7.20. The fourth-order valence-corrected chi connectivity index (χ4v) is 5.02. The first kappa shape index (κ1) is 21.6. The van der Waals surface area contributed by atoms with Gasteiger partial charge in [0.15, 0.2) is 0 Å². The maximum absolute atomic E-state index is 13.2. The van der Waals surface area contributed by atoms with Crippen molar-refractivity contribution >= 4 is 11.8 Å². The van der Waals surface area contributed by atoms with Crippen molar-refractivity contribution in [1.82, 2.24) is 10.2 Å². The van der Waals surface area contributed by atoms with Crippen LogP contribution >= 0.6 is 0 Å². The van der Waals surface area contributed by atoms with E-state index in [0.717, 1.165) is 19.3 Å². The summed E-state index contributed by atoms with van der Waals surface area (Å²) in [6, 6.07) is 17.0. The van der Waals surface area contributed by atoms with E-state index in [-0.39, 0.29) is 11.8 Å². The number of carbonyl (C=O) groups excluding carboxylic acids is 2. The second-order valence-corrected chi connectivity index (χ2v) is 9.48. The van der Waals surface area contributed by atoms with Crippen LogP contribution in [-0.4, -0.2) is 36.3 Å². The van der Waals surface area contributed by atoms with Crippen LogP contribution < -0.4 is 5.32 Å². The molecule has 2 aromatic carbocycles. The third kappa shape index (κ3) is 4.53. The molecule has 2 fully saturated rings. The first-order valence-corrected chi connectivity index (χ1v) is 11.7. The highest BCUT2D eigenvalue weighted by atomic mass is 16.2. The van der Waals surface area contributed by atoms with Gasteiger partial charge in [-0.3, -0.25) is 9.59 Å². The molecule has 0 bridgehead atoms. The number of piperidine rings is 1. The molecule has 1 aliphatic heterocycles. The molecule has 0 spiro atoms. The summed E-state index contributed by atoms with van der Waals surface area (Å²) in [6.07, 6.45) is 3.17. The Morgan fingerprint density at radius 3 is 2.45 bits per heavy atom. The van der Waals surface area contributed by atoms with E-state index < -0.39 is 5.41 Å². The molecule has 2 aliphatic rings. The minimum absolute atomic E-state index is 0.128. The molecule has 2 atom stereocenters. The van der Waals surface area contributed by atoms with Crippen molar-refractivity contribution in [3.8, 4) is 11.1 Å². The van der Waals surface area contributed by atoms with Crippen LogP contribution in [0, 0.1) is 24.2 Å². The highest BCUT2D eigenvalue weighted by Crippen LogP contribution is 2.42. The Morgan fingerprint density at radius 1 is 1.10 bits per heavy atom. The lowest BCUT2D eigenvalue weighted by Crippen LogP contribution is -2.51. The van der Waals surface area contributed by atoms with E-state index in [4.69, 9.17) is 0 Å². The molecule has 1 heterocycles. The minimum atomic E-state index is -0.452. The predicted molar refractivity (Wildman–Crippen MR) is 125 cm³/mol. The molecule has 31 heavy (non-hydrogen) atoms. The van der Waals surface area contributed by atoms with Crippen molar-refractivity contribution < 1.29 is 9.59 Å². The molecule has 4 rings (SSSR count). The lowest BCUT2D eigenvalue weighted by Gasteiger charge is -2.41. The van der Waals surface area contributed by atoms with Gasteiger partial charge in [0.25, 0.3) is 0 Å². The van der Waals surface area contributed by atoms with Gasteiger partial charge in [-0.1, -0.05) is 55.5 Å². The quantitative estimate of drug-likeness (QED) is 0.745. The molecule has 4 nitrogen and oxygen atoms in total. The van der Waals surface area contributed by atoms with E-state index in [1.807, 2.05) is 11.8 Å². The molecule has 0 aromatic heterocycles. The zero-order valence-corrected chi connectivity index (χ0v) is 19.0. The number of benzene rings is 2. The number of nitrogens with zero attached hydrogens (tertiary/aromatic N) is 1. The largest absolute Gasteiger partial charge is 0.356 e. The van der Waals surface area contributed by atoms with Crippen molar-refractivity contribution in [1.29, 1.82) is 0 Å². The summed E-state index contributed by atoms with van der Waals surface area (Å²) in [4.78, 5) is 27.9. The predicted octanol–water partition coefficient (Wildman–Crippen LogP) is 4.61. The number of amides is 2. The van der Waals surface area contributed by atoms with Crippen LogP contribution in [0.1, 0.15) is 44.2 Å². The Morgan fingerprint density at radius 2 is 1.81 bits per heavy atom. The van der Waals surface area contributed by atoms with Gasteiger partial charge in [-0.25, -0.2) is 0 Å². The second-order valence-electron chi connectivity index (χ2n) is 9.48. The van der Waals surface area contributed by atoms with Crippen molar-refractivity contribution in [2.75, 3.05) is 19.6 Å². The number of hydrogen-bond acceptors (Lipinski definition) is 2. The molecule has 1 saturated heterocycles. The average Bonchev–Trinajstić information content (AvgIpc) is 3.51. The molecule has 0 unspecified atom stereocenters. The molecule has 1 N–H and O–H groups in total. The summed E-state index contributed by atoms with van der Waals surface area (Å²) in [5.74, 6) is 1.15. The maximum Gasteiger partial charge on any atom is 0.226 e. The summed E-state index contributed by atoms with van der Waals surface area (Å²) < 4.78 is 0. The standard InChI is InChI=1S/C27H34N2O2/c1-4-28-26(31)27(12-14-29(15-13-27)25(30)24-16-20(24)3)18-21-9-7-10-22(17-21)23-11-6-5-8-19(23)2/h5-11,17,20,24H,4,12-16,18H2,1-3H3,(H,28,31)/t20-,24-/m0/s1. The topological polar surface area (TPSA) is 49.4 Å². The highest BCUT2D eigenvalue weighted by molar-refractivity contribution is 5.85. The molecule has 1 aliphatic carbocycles. The molecule has 2 amide bonds. The van der Waals surface area contributed by atoms with Crippen LogP contribution in [-0.2, 0) is 16.0 Å². The fraction of sp³-hybridized carbons (Fsp3) is 0.481. The lowest BCUT2D eigenvalue weighted by atomic mass is 9.72. The number of rotatable bonds is 6. The molecule has 4 heteroatoms. The van der Waals surface area contributed by atoms with Gasteiger partial charge in [0.05, 0.1) is 5.41 Å². The van der Waals surface area contributed by atoms with E-state index in [1.54, 1.807) is 0 Å². The monoisotopic (exact) mass is 418 g/mol. The molecule has 1 saturated carbocycles. The van der Waals surface area contributed by atoms with E-state index in [9.17, 15) is 9.59 Å². The molecular weight excluding hydrogens is 384 g/mol. The summed E-state index contributed by atoms with van der Waals surface area (Å²) in [5, 5.41) is 3.08. The van der Waals surface area contributed by atoms with Crippen molar-refractivity contribution in [2.24, 2.45) is 17.3 Å². The maximum atomic E-state index is 13.2. The summed E-state index contributed by atoms with van der Waals surface area (Å²) >= 11 is 0. The number of hydrogen-bond donors (Lipinski definition) is 1. The van der Waals surface area contributed by atoms with Gasteiger partial charge < -0.3 is 10.2 Å². The summed E-state index contributed by atoms with van der Waals surface area (Å²) in [5.41, 5.74) is 4.40. The normalized spacial score (nSPS) is 22.1. The van der Waals surface area contributed by atoms with Crippen molar-refractivity contribution in [2.45, 2.75) is 46.5 Å². The third-order valence-corrected chi connectivity index (χ3v) is 7.20. The zero-order chi connectivity index (χ0) is 22.0. The van der Waals surface area contributed by atoms with E-state index in [2.05, 4.69) is 67.7 Å². The van der Waals surface area contributed by atoms with Gasteiger partial charge >= 0.3 is 0 Å². The number of aryl methyl sites for hydroxylation is 1. The van der Waals surface area contributed by atoms with Crippen LogP contribution in [0.3, 0.4) is 0 Å². The SMILES string of the molecule is CCNC(=O)C1(Cc2cccc(-c3ccccc3C)c2)CCN(C(=O)[C@H]2C[C@@H]2C)CC1. The van der Waals surface area contributed by atoms with Gasteiger partial charge in [-0.15, -0.1) is 0 Å². The molecular formula is C27H34N2O2. The Hall–Kier alpha value is -2.62. The van der Waals surface area contributed by atoms with E-state index >= 15 is 0 Å². The van der Waals surface area contributed by atoms with Crippen molar-refractivity contribution in [3.63, 3.8) is 0 Å². The number of carbonyl (C=O) groups is 2. The van der Waals surface area contributed by atoms with Gasteiger partial charge in [-0.05, 0) is 67.7 Å². The van der Waals surface area contributed by atoms with Gasteiger partial charge in [0.2, 0.25) is 11.8 Å². The zero-order valence-electron chi connectivity index (χ0n) is 19.0. The van der Waals surface area contributed by atoms with Crippen LogP contribution in [0.5, 0.6) is 0 Å². The van der Waals surface area contributed by atoms with Crippen LogP contribution in [0.2, 0.25) is 0 Å². The van der Waals surface area contributed by atoms with Crippen molar-refractivity contribution in [3.05, 3.63) is 59.7 Å². The fourth-order valence-electron chi connectivity index (χ4n) is 5.02. The van der Waals surface area contributed by atoms with E-state index in [1.165, 1.54) is 22.3 Å². The first-order chi connectivity index (χ1) is 14.9. The molecule has 164 valence electrons. The van der Waals surface area contributed by atoms with Gasteiger partial charge in [-0.2, -0.15) is 0 Å². The number of likely N-dealkylation sites (tertiary alicyclic amines) is 1.